The van der Waals surface area contributed by atoms with Gasteiger partial charge in [-0.25, -0.2) is 0 Å². The summed E-state index contributed by atoms with van der Waals surface area (Å²) in [6.07, 6.45) is 0. The van der Waals surface area contributed by atoms with E-state index in [1.165, 1.54) is 0 Å². The topological polar surface area (TPSA) is 42.1 Å². The molecule has 20 heavy (non-hydrogen) atoms. The molecule has 0 aliphatic carbocycles. The Kier molecular flexibility index (Phi) is 3.03. The summed E-state index contributed by atoms with van der Waals surface area (Å²) in [4.78, 5) is 15.6. The lowest BCUT2D eigenvalue weighted by Crippen LogP contribution is -2.01. The van der Waals surface area contributed by atoms with Gasteiger partial charge in [0.15, 0.2) is 0 Å². The van der Waals surface area contributed by atoms with Crippen molar-refractivity contribution in [1.29, 1.82) is 0 Å². The van der Waals surface area contributed by atoms with Gasteiger partial charge in [-0.1, -0.05) is 23.8 Å². The van der Waals surface area contributed by atoms with Crippen LogP contribution in [0.4, 0.5) is 0 Å². The average Bonchev–Trinajstić information content (AvgIpc) is 2.89. The number of ether oxygens (including phenoxy) is 1. The van der Waals surface area contributed by atoms with Gasteiger partial charge in [-0.3, -0.25) is 4.79 Å². The molecule has 0 aliphatic rings. The Bertz CT molecular complexity index is 787. The van der Waals surface area contributed by atoms with Gasteiger partial charge in [-0.2, -0.15) is 0 Å². The van der Waals surface area contributed by atoms with Crippen molar-refractivity contribution in [1.82, 2.24) is 4.98 Å². The van der Waals surface area contributed by atoms with Crippen molar-refractivity contribution in [2.24, 2.45) is 0 Å². The van der Waals surface area contributed by atoms with Crippen molar-refractivity contribution in [3.8, 4) is 5.75 Å². The predicted molar refractivity (Wildman–Crippen MR) is 79.5 cm³/mol. The van der Waals surface area contributed by atoms with Gasteiger partial charge in [-0.15, -0.1) is 0 Å². The number of rotatable bonds is 3. The molecule has 100 valence electrons. The van der Waals surface area contributed by atoms with Crippen molar-refractivity contribution in [3.63, 3.8) is 0 Å². The SMILES string of the molecule is COc1ccc2[nH]c(C(=O)c3cccc(C)c3)cc2c1. The van der Waals surface area contributed by atoms with Gasteiger partial charge < -0.3 is 9.72 Å². The average molecular weight is 265 g/mol. The highest BCUT2D eigenvalue weighted by Crippen LogP contribution is 2.22. The molecule has 0 atom stereocenters. The third-order valence-corrected chi connectivity index (χ3v) is 3.35. The van der Waals surface area contributed by atoms with Crippen molar-refractivity contribution in [2.45, 2.75) is 6.92 Å². The second-order valence-corrected chi connectivity index (χ2v) is 4.83. The van der Waals surface area contributed by atoms with Crippen molar-refractivity contribution in [3.05, 3.63) is 65.4 Å². The highest BCUT2D eigenvalue weighted by Gasteiger charge is 2.12. The van der Waals surface area contributed by atoms with E-state index in [0.717, 1.165) is 22.2 Å². The Morgan fingerprint density at radius 2 is 1.95 bits per heavy atom. The molecule has 1 heterocycles. The lowest BCUT2D eigenvalue weighted by molar-refractivity contribution is 0.103. The van der Waals surface area contributed by atoms with Crippen LogP contribution in [0, 0.1) is 6.92 Å². The molecule has 0 bridgehead atoms. The van der Waals surface area contributed by atoms with E-state index in [1.807, 2.05) is 55.5 Å². The van der Waals surface area contributed by atoms with Crippen LogP contribution in [0.25, 0.3) is 10.9 Å². The third-order valence-electron chi connectivity index (χ3n) is 3.35. The molecule has 3 nitrogen and oxygen atoms in total. The Hall–Kier alpha value is -2.55. The maximum atomic E-state index is 12.5. The van der Waals surface area contributed by atoms with E-state index in [1.54, 1.807) is 7.11 Å². The molecular formula is C17H15NO2. The van der Waals surface area contributed by atoms with Crippen LogP contribution in [0.5, 0.6) is 5.75 Å². The van der Waals surface area contributed by atoms with E-state index in [-0.39, 0.29) is 5.78 Å². The number of aromatic amines is 1. The van der Waals surface area contributed by atoms with E-state index >= 15 is 0 Å². The van der Waals surface area contributed by atoms with E-state index in [4.69, 9.17) is 4.74 Å². The number of nitrogens with one attached hydrogen (secondary N) is 1. The van der Waals surface area contributed by atoms with Crippen LogP contribution < -0.4 is 4.74 Å². The zero-order valence-electron chi connectivity index (χ0n) is 11.4. The van der Waals surface area contributed by atoms with Crippen LogP contribution >= 0.6 is 0 Å². The molecule has 0 fully saturated rings. The number of fused-ring (bicyclic) bond motifs is 1. The van der Waals surface area contributed by atoms with Crippen LogP contribution in [-0.2, 0) is 0 Å². The van der Waals surface area contributed by atoms with Gasteiger partial charge in [0.25, 0.3) is 0 Å². The van der Waals surface area contributed by atoms with Gasteiger partial charge in [-0.05, 0) is 37.3 Å². The zero-order valence-corrected chi connectivity index (χ0v) is 11.4. The van der Waals surface area contributed by atoms with E-state index in [9.17, 15) is 4.79 Å². The van der Waals surface area contributed by atoms with Crippen LogP contribution in [0.15, 0.2) is 48.5 Å². The summed E-state index contributed by atoms with van der Waals surface area (Å²) < 4.78 is 5.19. The van der Waals surface area contributed by atoms with Gasteiger partial charge in [0, 0.05) is 16.5 Å². The number of methoxy groups -OCH3 is 1. The highest BCUT2D eigenvalue weighted by atomic mass is 16.5. The molecule has 1 aromatic heterocycles. The second-order valence-electron chi connectivity index (χ2n) is 4.83. The van der Waals surface area contributed by atoms with Gasteiger partial charge in [0.2, 0.25) is 5.78 Å². The molecule has 0 saturated heterocycles. The number of aryl methyl sites for hydroxylation is 1. The first-order valence-corrected chi connectivity index (χ1v) is 6.45. The molecule has 0 amide bonds. The summed E-state index contributed by atoms with van der Waals surface area (Å²) in [6.45, 7) is 1.98. The molecule has 2 aromatic carbocycles. The number of aromatic nitrogens is 1. The Morgan fingerprint density at radius 3 is 2.70 bits per heavy atom. The maximum Gasteiger partial charge on any atom is 0.209 e. The first-order valence-electron chi connectivity index (χ1n) is 6.45. The van der Waals surface area contributed by atoms with E-state index < -0.39 is 0 Å². The number of hydrogen-bond donors (Lipinski definition) is 1. The van der Waals surface area contributed by atoms with E-state index in [0.29, 0.717) is 11.3 Å². The number of ketones is 1. The minimum atomic E-state index is 0.00358. The number of benzene rings is 2. The highest BCUT2D eigenvalue weighted by molar-refractivity contribution is 6.10. The Labute approximate surface area is 117 Å². The lowest BCUT2D eigenvalue weighted by atomic mass is 10.1. The Balaban J connectivity index is 2.03. The summed E-state index contributed by atoms with van der Waals surface area (Å²) in [5.41, 5.74) is 3.30. The fourth-order valence-electron chi connectivity index (χ4n) is 2.30. The van der Waals surface area contributed by atoms with Crippen LogP contribution in [0.3, 0.4) is 0 Å². The molecular weight excluding hydrogens is 250 g/mol. The second kappa shape index (κ2) is 4.85. The van der Waals surface area contributed by atoms with Crippen molar-refractivity contribution in [2.75, 3.05) is 7.11 Å². The first-order chi connectivity index (χ1) is 9.67. The third kappa shape index (κ3) is 2.18. The largest absolute Gasteiger partial charge is 0.497 e. The fourth-order valence-corrected chi connectivity index (χ4v) is 2.30. The standard InChI is InChI=1S/C17H15NO2/c1-11-4-3-5-12(8-11)17(19)16-10-13-9-14(20-2)6-7-15(13)18-16/h3-10,18H,1-2H3. The number of carbonyl (C=O) groups is 1. The molecule has 3 heteroatoms. The number of hydrogen-bond acceptors (Lipinski definition) is 2. The predicted octanol–water partition coefficient (Wildman–Crippen LogP) is 3.72. The summed E-state index contributed by atoms with van der Waals surface area (Å²) in [5, 5.41) is 0.973. The molecule has 3 aromatic rings. The van der Waals surface area contributed by atoms with E-state index in [2.05, 4.69) is 4.98 Å². The number of H-pyrrole nitrogens is 1. The van der Waals surface area contributed by atoms with Gasteiger partial charge in [0.1, 0.15) is 5.75 Å². The molecule has 0 unspecified atom stereocenters. The van der Waals surface area contributed by atoms with Gasteiger partial charge >= 0.3 is 0 Å². The molecule has 0 aliphatic heterocycles. The van der Waals surface area contributed by atoms with Crippen LogP contribution in [0.2, 0.25) is 0 Å². The fraction of sp³-hybridized carbons (Fsp3) is 0.118. The van der Waals surface area contributed by atoms with Gasteiger partial charge in [0.05, 0.1) is 12.8 Å². The lowest BCUT2D eigenvalue weighted by Gasteiger charge is -1.99. The minimum Gasteiger partial charge on any atom is -0.497 e. The molecule has 0 radical (unpaired) electrons. The van der Waals surface area contributed by atoms with Crippen LogP contribution in [0.1, 0.15) is 21.6 Å². The van der Waals surface area contributed by atoms with Crippen LogP contribution in [-0.4, -0.2) is 17.9 Å². The smallest absolute Gasteiger partial charge is 0.209 e. The van der Waals surface area contributed by atoms with Crippen molar-refractivity contribution >= 4 is 16.7 Å². The summed E-state index contributed by atoms with van der Waals surface area (Å²) in [5.74, 6) is 0.787. The first kappa shape index (κ1) is 12.5. The van der Waals surface area contributed by atoms with Crippen molar-refractivity contribution < 1.29 is 9.53 Å². The number of carbonyl (C=O) groups excluding carboxylic acids is 1. The summed E-state index contributed by atoms with van der Waals surface area (Å²) in [7, 11) is 1.63. The maximum absolute atomic E-state index is 12.5. The molecule has 0 saturated carbocycles. The summed E-state index contributed by atoms with van der Waals surface area (Å²) in [6, 6.07) is 15.2. The monoisotopic (exact) mass is 265 g/mol. The Morgan fingerprint density at radius 1 is 1.10 bits per heavy atom. The molecule has 0 spiro atoms. The minimum absolute atomic E-state index is 0.00358. The summed E-state index contributed by atoms with van der Waals surface area (Å²) >= 11 is 0. The molecule has 3 rings (SSSR count). The zero-order chi connectivity index (χ0) is 14.1. The normalized spacial score (nSPS) is 10.7. The quantitative estimate of drug-likeness (QED) is 0.733. The molecule has 1 N–H and O–H groups in total.